The van der Waals surface area contributed by atoms with Gasteiger partial charge >= 0.3 is 0 Å². The van der Waals surface area contributed by atoms with Crippen molar-refractivity contribution in [2.24, 2.45) is 0 Å². The van der Waals surface area contributed by atoms with E-state index < -0.39 is 0 Å². The van der Waals surface area contributed by atoms with Gasteiger partial charge in [0.15, 0.2) is 0 Å². The van der Waals surface area contributed by atoms with Gasteiger partial charge in [-0.25, -0.2) is 0 Å². The summed E-state index contributed by atoms with van der Waals surface area (Å²) >= 11 is 1.73. The molecule has 0 aliphatic carbocycles. The lowest BCUT2D eigenvalue weighted by atomic mass is 10.2. The minimum atomic E-state index is -0.325. The van der Waals surface area contributed by atoms with Crippen molar-refractivity contribution < 1.29 is 4.92 Å². The van der Waals surface area contributed by atoms with Gasteiger partial charge in [-0.1, -0.05) is 0 Å². The van der Waals surface area contributed by atoms with E-state index in [1.165, 1.54) is 10.6 Å². The number of anilines is 1. The lowest BCUT2D eigenvalue weighted by Gasteiger charge is -2.21. The zero-order valence-corrected chi connectivity index (χ0v) is 11.5. The molecular weight excluding hydrogens is 262 g/mol. The van der Waals surface area contributed by atoms with Crippen molar-refractivity contribution in [2.45, 2.75) is 13.5 Å². The fraction of sp³-hybridized carbons (Fsp3) is 0.385. The van der Waals surface area contributed by atoms with E-state index in [9.17, 15) is 10.1 Å². The van der Waals surface area contributed by atoms with Crippen LogP contribution in [0.2, 0.25) is 0 Å². The summed E-state index contributed by atoms with van der Waals surface area (Å²) in [6, 6.07) is 5.15. The van der Waals surface area contributed by atoms with Gasteiger partial charge in [0.05, 0.1) is 10.6 Å². The van der Waals surface area contributed by atoms with Crippen LogP contribution in [-0.4, -0.2) is 24.6 Å². The van der Waals surface area contributed by atoms with Crippen molar-refractivity contribution in [1.82, 2.24) is 5.32 Å². The first-order valence-corrected chi connectivity index (χ1v) is 7.18. The maximum atomic E-state index is 10.9. The lowest BCUT2D eigenvalue weighted by molar-refractivity contribution is -0.384. The molecule has 5 nitrogen and oxygen atoms in total. The second kappa shape index (κ2) is 4.79. The summed E-state index contributed by atoms with van der Waals surface area (Å²) in [5, 5.41) is 15.4. The number of nitro groups is 1. The predicted molar refractivity (Wildman–Crippen MR) is 78.1 cm³/mol. The molecule has 0 radical (unpaired) electrons. The first-order chi connectivity index (χ1) is 9.20. The smallest absolute Gasteiger partial charge is 0.270 e. The number of non-ortho nitro benzene ring substituents is 1. The van der Waals surface area contributed by atoms with Crippen molar-refractivity contribution in [1.29, 1.82) is 0 Å². The number of nitro benzene ring substituents is 1. The molecule has 0 saturated heterocycles. The van der Waals surface area contributed by atoms with Crippen molar-refractivity contribution in [3.05, 3.63) is 33.2 Å². The number of hydrogen-bond donors (Lipinski definition) is 1. The van der Waals surface area contributed by atoms with Crippen LogP contribution in [0.25, 0.3) is 10.1 Å². The summed E-state index contributed by atoms with van der Waals surface area (Å²) in [7, 11) is 0. The number of benzene rings is 1. The highest BCUT2D eigenvalue weighted by atomic mass is 32.1. The minimum absolute atomic E-state index is 0.168. The molecule has 1 aromatic heterocycles. The number of rotatable bonds is 2. The zero-order chi connectivity index (χ0) is 13.4. The van der Waals surface area contributed by atoms with Crippen molar-refractivity contribution in [3.8, 4) is 0 Å². The maximum absolute atomic E-state index is 10.9. The molecule has 0 bridgehead atoms. The monoisotopic (exact) mass is 277 g/mol. The van der Waals surface area contributed by atoms with Crippen LogP contribution in [0.3, 0.4) is 0 Å². The molecule has 0 amide bonds. The molecule has 1 aliphatic rings. The van der Waals surface area contributed by atoms with Gasteiger partial charge in [-0.15, -0.1) is 11.3 Å². The van der Waals surface area contributed by atoms with Crippen LogP contribution in [0, 0.1) is 10.1 Å². The average molecular weight is 277 g/mol. The summed E-state index contributed by atoms with van der Waals surface area (Å²) in [5.41, 5.74) is 1.34. The summed E-state index contributed by atoms with van der Waals surface area (Å²) < 4.78 is 1.12. The molecule has 19 heavy (non-hydrogen) atoms. The van der Waals surface area contributed by atoms with E-state index in [1.807, 2.05) is 6.07 Å². The number of thiophene rings is 1. The van der Waals surface area contributed by atoms with E-state index in [4.69, 9.17) is 0 Å². The van der Waals surface area contributed by atoms with Gasteiger partial charge in [0.2, 0.25) is 0 Å². The fourth-order valence-electron chi connectivity index (χ4n) is 2.55. The molecular formula is C13H15N3O2S. The quantitative estimate of drug-likeness (QED) is 0.677. The average Bonchev–Trinajstić information content (AvgIpc) is 2.64. The molecule has 2 aromatic rings. The molecule has 2 heterocycles. The molecule has 0 spiro atoms. The largest absolute Gasteiger partial charge is 0.369 e. The summed E-state index contributed by atoms with van der Waals surface area (Å²) in [6.45, 7) is 5.78. The number of likely N-dealkylation sites (N-methyl/N-ethyl adjacent to an activating group) is 1. The highest BCUT2D eigenvalue weighted by molar-refractivity contribution is 7.19. The molecule has 3 rings (SSSR count). The van der Waals surface area contributed by atoms with Crippen LogP contribution in [0.4, 0.5) is 11.4 Å². The maximum Gasteiger partial charge on any atom is 0.270 e. The van der Waals surface area contributed by atoms with E-state index in [-0.39, 0.29) is 10.6 Å². The van der Waals surface area contributed by atoms with Gasteiger partial charge in [0.1, 0.15) is 0 Å². The topological polar surface area (TPSA) is 58.4 Å². The van der Waals surface area contributed by atoms with E-state index in [2.05, 4.69) is 17.1 Å². The van der Waals surface area contributed by atoms with Gasteiger partial charge in [0.25, 0.3) is 5.69 Å². The molecule has 100 valence electrons. The molecule has 6 heteroatoms. The van der Waals surface area contributed by atoms with Crippen LogP contribution >= 0.6 is 11.3 Å². The Bertz CT molecular complexity index is 638. The minimum Gasteiger partial charge on any atom is -0.369 e. The van der Waals surface area contributed by atoms with Crippen LogP contribution in [-0.2, 0) is 6.54 Å². The first kappa shape index (κ1) is 12.4. The molecule has 1 N–H and O–H groups in total. The van der Waals surface area contributed by atoms with Crippen LogP contribution in [0.5, 0.6) is 0 Å². The molecule has 1 aliphatic heterocycles. The van der Waals surface area contributed by atoms with E-state index in [0.717, 1.165) is 36.3 Å². The first-order valence-electron chi connectivity index (χ1n) is 6.36. The number of fused-ring (bicyclic) bond motifs is 3. The highest BCUT2D eigenvalue weighted by Gasteiger charge is 2.21. The zero-order valence-electron chi connectivity index (χ0n) is 10.7. The van der Waals surface area contributed by atoms with E-state index in [0.29, 0.717) is 0 Å². The van der Waals surface area contributed by atoms with E-state index >= 15 is 0 Å². The van der Waals surface area contributed by atoms with E-state index in [1.54, 1.807) is 23.5 Å². The Morgan fingerprint density at radius 3 is 3.11 bits per heavy atom. The predicted octanol–water partition coefficient (Wildman–Crippen LogP) is 2.74. The Morgan fingerprint density at radius 1 is 1.53 bits per heavy atom. The van der Waals surface area contributed by atoms with Gasteiger partial charge in [-0.2, -0.15) is 0 Å². The highest BCUT2D eigenvalue weighted by Crippen LogP contribution is 2.40. The second-order valence-electron chi connectivity index (χ2n) is 4.57. The Hall–Kier alpha value is -1.66. The van der Waals surface area contributed by atoms with Crippen molar-refractivity contribution in [2.75, 3.05) is 24.5 Å². The second-order valence-corrected chi connectivity index (χ2v) is 5.70. The van der Waals surface area contributed by atoms with Crippen LogP contribution < -0.4 is 10.2 Å². The Kier molecular flexibility index (Phi) is 3.12. The third-order valence-corrected chi connectivity index (χ3v) is 4.63. The Morgan fingerprint density at radius 2 is 2.37 bits per heavy atom. The Balaban J connectivity index is 2.22. The summed E-state index contributed by atoms with van der Waals surface area (Å²) in [5.74, 6) is 0. The SMILES string of the molecule is CCN1CCNCc2sc3ccc([N+](=O)[O-])cc3c21. The van der Waals surface area contributed by atoms with Gasteiger partial charge in [-0.05, 0) is 13.0 Å². The van der Waals surface area contributed by atoms with Crippen LogP contribution in [0.1, 0.15) is 11.8 Å². The number of hydrogen-bond acceptors (Lipinski definition) is 5. The number of nitrogens with zero attached hydrogens (tertiary/aromatic N) is 2. The molecule has 0 atom stereocenters. The molecule has 0 unspecified atom stereocenters. The third kappa shape index (κ3) is 2.06. The summed E-state index contributed by atoms with van der Waals surface area (Å²) in [6.07, 6.45) is 0. The van der Waals surface area contributed by atoms with Gasteiger partial charge < -0.3 is 10.2 Å². The standard InChI is InChI=1S/C13H15N3O2S/c1-2-15-6-5-14-8-12-13(15)10-7-9(16(17)18)3-4-11(10)19-12/h3-4,7,14H,2,5-6,8H2,1H3. The van der Waals surface area contributed by atoms with Crippen molar-refractivity contribution >= 4 is 32.8 Å². The normalized spacial score (nSPS) is 15.3. The van der Waals surface area contributed by atoms with Crippen LogP contribution in [0.15, 0.2) is 18.2 Å². The molecule has 0 fully saturated rings. The fourth-order valence-corrected chi connectivity index (χ4v) is 3.72. The molecule has 0 saturated carbocycles. The number of nitrogens with one attached hydrogen (secondary N) is 1. The third-order valence-electron chi connectivity index (χ3n) is 3.47. The van der Waals surface area contributed by atoms with Crippen molar-refractivity contribution in [3.63, 3.8) is 0 Å². The van der Waals surface area contributed by atoms with Gasteiger partial charge in [-0.3, -0.25) is 10.1 Å². The lowest BCUT2D eigenvalue weighted by Crippen LogP contribution is -2.28. The molecule has 1 aromatic carbocycles. The Labute approximate surface area is 115 Å². The van der Waals surface area contributed by atoms with Gasteiger partial charge in [0, 0.05) is 53.3 Å². The summed E-state index contributed by atoms with van der Waals surface area (Å²) in [4.78, 5) is 14.2.